The van der Waals surface area contributed by atoms with Crippen LogP contribution in [0.3, 0.4) is 0 Å². The van der Waals surface area contributed by atoms with Crippen molar-refractivity contribution in [2.45, 2.75) is 36.1 Å². The smallest absolute Gasteiger partial charge is 0.270 e. The van der Waals surface area contributed by atoms with Gasteiger partial charge in [0.1, 0.15) is 22.0 Å². The molecule has 1 aliphatic rings. The molecule has 0 radical (unpaired) electrons. The van der Waals surface area contributed by atoms with Crippen molar-refractivity contribution in [2.75, 3.05) is 13.7 Å². The topological polar surface area (TPSA) is 123 Å². The maximum Gasteiger partial charge on any atom is 0.270 e. The molecule has 2 heterocycles. The lowest BCUT2D eigenvalue weighted by Gasteiger charge is -2.21. The zero-order valence-corrected chi connectivity index (χ0v) is 21.4. The number of primary amides is 1. The van der Waals surface area contributed by atoms with Gasteiger partial charge in [0.05, 0.1) is 12.0 Å². The first kappa shape index (κ1) is 25.1. The number of H-pyrrole nitrogens is 1. The monoisotopic (exact) mass is 535 g/mol. The van der Waals surface area contributed by atoms with Crippen molar-refractivity contribution in [1.82, 2.24) is 9.88 Å². The molecule has 0 saturated carbocycles. The number of benzene rings is 2. The molecule has 0 unspecified atom stereocenters. The van der Waals surface area contributed by atoms with E-state index in [1.807, 2.05) is 18.2 Å². The average molecular weight is 536 g/mol. The number of carbonyl (C=O) groups excluding carboxylic acids is 2. The number of amides is 2. The summed E-state index contributed by atoms with van der Waals surface area (Å²) in [7, 11) is -2.71. The number of aromatic amines is 1. The number of rotatable bonds is 5. The van der Waals surface area contributed by atoms with Crippen molar-refractivity contribution in [2.24, 2.45) is 5.73 Å². The van der Waals surface area contributed by atoms with Gasteiger partial charge in [-0.15, -0.1) is 0 Å². The second kappa shape index (κ2) is 9.56. The Kier molecular flexibility index (Phi) is 6.86. The molecule has 35 heavy (non-hydrogen) atoms. The van der Waals surface area contributed by atoms with Gasteiger partial charge < -0.3 is 20.4 Å². The van der Waals surface area contributed by atoms with Crippen LogP contribution in [0.25, 0.3) is 0 Å². The summed E-state index contributed by atoms with van der Waals surface area (Å²) in [6, 6.07) is 9.58. The lowest BCUT2D eigenvalue weighted by Crippen LogP contribution is -2.31. The summed E-state index contributed by atoms with van der Waals surface area (Å²) in [6.45, 7) is 2.22. The quantitative estimate of drug-likeness (QED) is 0.507. The Hall–Kier alpha value is -3.01. The minimum atomic E-state index is -4.29. The summed E-state index contributed by atoms with van der Waals surface area (Å²) in [5, 5.41) is 0.222. The first-order chi connectivity index (χ1) is 16.5. The van der Waals surface area contributed by atoms with Crippen LogP contribution in [0.4, 0.5) is 0 Å². The fourth-order valence-corrected chi connectivity index (χ4v) is 6.68. The number of sulfone groups is 1. The van der Waals surface area contributed by atoms with E-state index in [-0.39, 0.29) is 36.8 Å². The van der Waals surface area contributed by atoms with Crippen molar-refractivity contribution in [3.05, 3.63) is 74.5 Å². The molecule has 184 valence electrons. The highest BCUT2D eigenvalue weighted by Gasteiger charge is 2.34. The second-order valence-corrected chi connectivity index (χ2v) is 11.0. The van der Waals surface area contributed by atoms with Gasteiger partial charge in [-0.25, -0.2) is 8.42 Å². The van der Waals surface area contributed by atoms with Gasteiger partial charge in [-0.1, -0.05) is 29.3 Å². The minimum absolute atomic E-state index is 0.0168. The van der Waals surface area contributed by atoms with Gasteiger partial charge in [-0.05, 0) is 66.8 Å². The Morgan fingerprint density at radius 1 is 1.06 bits per heavy atom. The predicted octanol–water partition coefficient (Wildman–Crippen LogP) is 4.16. The van der Waals surface area contributed by atoms with E-state index in [4.69, 9.17) is 33.7 Å². The summed E-state index contributed by atoms with van der Waals surface area (Å²) in [5.74, 6) is -0.769. The Morgan fingerprint density at radius 2 is 1.74 bits per heavy atom. The van der Waals surface area contributed by atoms with E-state index in [1.54, 1.807) is 12.0 Å². The number of aryl methyl sites for hydroxylation is 1. The fourth-order valence-electron chi connectivity index (χ4n) is 4.30. The molecule has 0 atom stereocenters. The number of nitrogens with zero attached hydrogens (tertiary/aromatic N) is 1. The van der Waals surface area contributed by atoms with E-state index in [0.29, 0.717) is 18.8 Å². The van der Waals surface area contributed by atoms with E-state index in [0.717, 1.165) is 24.0 Å². The third-order valence-corrected chi connectivity index (χ3v) is 8.34. The van der Waals surface area contributed by atoms with Crippen molar-refractivity contribution in [3.8, 4) is 5.75 Å². The van der Waals surface area contributed by atoms with Crippen LogP contribution in [0.15, 0.2) is 46.2 Å². The fraction of sp³-hybridized carbons (Fsp3) is 0.250. The lowest BCUT2D eigenvalue weighted by atomic mass is 10.0. The number of methoxy groups -OCH3 is 1. The number of hydrogen-bond acceptors (Lipinski definition) is 5. The molecule has 3 N–H and O–H groups in total. The highest BCUT2D eigenvalue weighted by Crippen LogP contribution is 2.33. The number of ether oxygens (including phenoxy) is 1. The van der Waals surface area contributed by atoms with Gasteiger partial charge in [0, 0.05) is 23.1 Å². The Labute approximate surface area is 212 Å². The molecule has 1 aliphatic heterocycles. The first-order valence-electron chi connectivity index (χ1n) is 10.7. The van der Waals surface area contributed by atoms with Crippen LogP contribution in [-0.4, -0.2) is 43.8 Å². The second-order valence-electron chi connectivity index (χ2n) is 8.27. The lowest BCUT2D eigenvalue weighted by molar-refractivity contribution is 0.0739. The Bertz CT molecular complexity index is 1430. The maximum absolute atomic E-state index is 13.6. The zero-order chi connectivity index (χ0) is 25.5. The number of nitrogens with two attached hydrogens (primary N) is 1. The summed E-state index contributed by atoms with van der Waals surface area (Å²) >= 11 is 12.0. The molecule has 0 bridgehead atoms. The van der Waals surface area contributed by atoms with Crippen LogP contribution in [0.5, 0.6) is 5.75 Å². The minimum Gasteiger partial charge on any atom is -0.497 e. The van der Waals surface area contributed by atoms with E-state index < -0.39 is 21.7 Å². The van der Waals surface area contributed by atoms with Crippen molar-refractivity contribution in [1.29, 1.82) is 0 Å². The van der Waals surface area contributed by atoms with Crippen molar-refractivity contribution >= 4 is 44.9 Å². The van der Waals surface area contributed by atoms with Crippen LogP contribution < -0.4 is 10.5 Å². The van der Waals surface area contributed by atoms with Crippen LogP contribution >= 0.6 is 23.2 Å². The van der Waals surface area contributed by atoms with Crippen molar-refractivity contribution < 1.29 is 22.7 Å². The third-order valence-electron chi connectivity index (χ3n) is 6.00. The maximum atomic E-state index is 13.6. The van der Waals surface area contributed by atoms with E-state index >= 15 is 0 Å². The number of hydrogen-bond donors (Lipinski definition) is 2. The van der Waals surface area contributed by atoms with Crippen LogP contribution in [0.2, 0.25) is 10.0 Å². The molecule has 11 heteroatoms. The van der Waals surface area contributed by atoms with Gasteiger partial charge in [-0.3, -0.25) is 9.59 Å². The SMILES string of the molecule is COc1ccc2c(c1)CN(C(=O)c1[nH]c(C(N)=O)c(S(=O)(=O)c3cc(Cl)cc(Cl)c3)c1C)CCC2. The normalized spacial score (nSPS) is 13.8. The number of aromatic nitrogens is 1. The van der Waals surface area contributed by atoms with Gasteiger partial charge in [0.15, 0.2) is 0 Å². The van der Waals surface area contributed by atoms with Crippen LogP contribution in [0, 0.1) is 6.92 Å². The van der Waals surface area contributed by atoms with Crippen molar-refractivity contribution in [3.63, 3.8) is 0 Å². The molecule has 0 spiro atoms. The van der Waals surface area contributed by atoms with Gasteiger partial charge in [-0.2, -0.15) is 0 Å². The summed E-state index contributed by atoms with van der Waals surface area (Å²) < 4.78 is 32.3. The van der Waals surface area contributed by atoms with Crippen LogP contribution in [-0.2, 0) is 22.8 Å². The summed E-state index contributed by atoms with van der Waals surface area (Å²) in [4.78, 5) is 29.5. The zero-order valence-electron chi connectivity index (χ0n) is 19.0. The third kappa shape index (κ3) is 4.76. The van der Waals surface area contributed by atoms with E-state index in [2.05, 4.69) is 4.98 Å². The highest BCUT2D eigenvalue weighted by molar-refractivity contribution is 7.91. The number of fused-ring (bicyclic) bond motifs is 1. The average Bonchev–Trinajstić information content (AvgIpc) is 3.02. The molecule has 2 aromatic carbocycles. The van der Waals surface area contributed by atoms with E-state index in [9.17, 15) is 18.0 Å². The molecule has 0 aliphatic carbocycles. The molecule has 0 saturated heterocycles. The molecular weight excluding hydrogens is 513 g/mol. The number of halogens is 2. The standard InChI is InChI=1S/C24H23Cl2N3O5S/c1-13-20(24(31)29-7-3-4-14-5-6-18(34-2)8-15(14)12-29)28-21(23(27)30)22(13)35(32,33)19-10-16(25)9-17(26)11-19/h5-6,8-11,28H,3-4,7,12H2,1-2H3,(H2,27,30). The van der Waals surface area contributed by atoms with Crippen LogP contribution in [0.1, 0.15) is 44.1 Å². The molecular formula is C24H23Cl2N3O5S. The van der Waals surface area contributed by atoms with Gasteiger partial charge >= 0.3 is 0 Å². The molecule has 8 nitrogen and oxygen atoms in total. The molecule has 2 amide bonds. The van der Waals surface area contributed by atoms with E-state index in [1.165, 1.54) is 25.1 Å². The summed E-state index contributed by atoms with van der Waals surface area (Å²) in [5.41, 5.74) is 7.26. The molecule has 3 aromatic rings. The number of nitrogens with one attached hydrogen (secondary N) is 1. The first-order valence-corrected chi connectivity index (χ1v) is 13.0. The molecule has 1 aromatic heterocycles. The van der Waals surface area contributed by atoms with Gasteiger partial charge in [0.25, 0.3) is 11.8 Å². The van der Waals surface area contributed by atoms with Gasteiger partial charge in [0.2, 0.25) is 9.84 Å². The molecule has 0 fully saturated rings. The largest absolute Gasteiger partial charge is 0.497 e. The Balaban J connectivity index is 1.78. The highest BCUT2D eigenvalue weighted by atomic mass is 35.5. The number of carbonyl (C=O) groups is 2. The Morgan fingerprint density at radius 3 is 2.37 bits per heavy atom. The predicted molar refractivity (Wildman–Crippen MR) is 132 cm³/mol. The summed E-state index contributed by atoms with van der Waals surface area (Å²) in [6.07, 6.45) is 1.51. The molecule has 4 rings (SSSR count).